The van der Waals surface area contributed by atoms with Crippen LogP contribution in [0.4, 0.5) is 5.69 Å². The highest BCUT2D eigenvalue weighted by atomic mass is 16.6. The number of nitrogens with zero attached hydrogens (tertiary/aromatic N) is 2. The fourth-order valence-corrected chi connectivity index (χ4v) is 3.50. The maximum Gasteiger partial charge on any atom is 0.310 e. The molecule has 4 aromatic rings. The number of esters is 1. The summed E-state index contributed by atoms with van der Waals surface area (Å²) in [6.07, 6.45) is 0.126. The molecule has 0 saturated carbocycles. The number of benzene rings is 3. The van der Waals surface area contributed by atoms with E-state index < -0.39 is 4.92 Å². The summed E-state index contributed by atoms with van der Waals surface area (Å²) >= 11 is 0. The topological polar surface area (TPSA) is 82.3 Å². The minimum atomic E-state index is -0.435. The van der Waals surface area contributed by atoms with E-state index in [1.165, 1.54) is 12.1 Å². The molecule has 1 heterocycles. The van der Waals surface area contributed by atoms with Gasteiger partial charge in [0.05, 0.1) is 29.2 Å². The number of aromatic nitrogens is 1. The van der Waals surface area contributed by atoms with Crippen LogP contribution in [0, 0.1) is 10.1 Å². The molecule has 0 amide bonds. The molecule has 144 valence electrons. The van der Waals surface area contributed by atoms with E-state index in [1.807, 2.05) is 42.5 Å². The second-order valence-electron chi connectivity index (χ2n) is 6.63. The fraction of sp³-hybridized carbons (Fsp3) is 0.130. The Morgan fingerprint density at radius 1 is 1.07 bits per heavy atom. The molecule has 6 nitrogen and oxygen atoms in total. The van der Waals surface area contributed by atoms with Crippen LogP contribution < -0.4 is 0 Å². The summed E-state index contributed by atoms with van der Waals surface area (Å²) in [5, 5.41) is 13.9. The van der Waals surface area contributed by atoms with Crippen molar-refractivity contribution in [3.63, 3.8) is 0 Å². The van der Waals surface area contributed by atoms with Gasteiger partial charge in [0, 0.05) is 23.1 Å². The number of fused-ring (bicyclic) bond motifs is 3. The van der Waals surface area contributed by atoms with Crippen molar-refractivity contribution in [2.45, 2.75) is 13.3 Å². The monoisotopic (exact) mass is 386 g/mol. The fourth-order valence-electron chi connectivity index (χ4n) is 3.50. The maximum absolute atomic E-state index is 12.2. The maximum atomic E-state index is 12.2. The molecule has 6 heteroatoms. The number of nitro benzene ring substituents is 1. The van der Waals surface area contributed by atoms with Gasteiger partial charge in [-0.3, -0.25) is 14.9 Å². The molecule has 0 aliphatic rings. The summed E-state index contributed by atoms with van der Waals surface area (Å²) < 4.78 is 5.16. The lowest BCUT2D eigenvalue weighted by Crippen LogP contribution is -2.08. The SMILES string of the molecule is CCOC(=O)Cc1cc(-c2ccc([N+](=O)[O-])cc2)nc2ccc3ccccc3c12. The van der Waals surface area contributed by atoms with E-state index in [9.17, 15) is 14.9 Å². The van der Waals surface area contributed by atoms with Crippen molar-refractivity contribution < 1.29 is 14.5 Å². The van der Waals surface area contributed by atoms with E-state index in [1.54, 1.807) is 19.1 Å². The molecule has 0 saturated heterocycles. The molecule has 0 bridgehead atoms. The van der Waals surface area contributed by atoms with Gasteiger partial charge in [0.25, 0.3) is 5.69 Å². The molecule has 0 spiro atoms. The Morgan fingerprint density at radius 2 is 1.83 bits per heavy atom. The van der Waals surface area contributed by atoms with E-state index >= 15 is 0 Å². The Hall–Kier alpha value is -3.80. The molecule has 0 atom stereocenters. The number of ether oxygens (including phenoxy) is 1. The van der Waals surface area contributed by atoms with E-state index in [0.29, 0.717) is 12.3 Å². The van der Waals surface area contributed by atoms with Crippen LogP contribution in [0.2, 0.25) is 0 Å². The van der Waals surface area contributed by atoms with Crippen molar-refractivity contribution in [2.24, 2.45) is 0 Å². The minimum Gasteiger partial charge on any atom is -0.466 e. The number of nitro groups is 1. The first kappa shape index (κ1) is 18.6. The Kier molecular flexibility index (Phi) is 4.91. The second kappa shape index (κ2) is 7.67. The molecule has 0 unspecified atom stereocenters. The smallest absolute Gasteiger partial charge is 0.310 e. The molecule has 3 aromatic carbocycles. The van der Waals surface area contributed by atoms with E-state index in [0.717, 1.165) is 32.8 Å². The summed E-state index contributed by atoms with van der Waals surface area (Å²) in [6, 6.07) is 20.0. The number of pyridine rings is 1. The number of non-ortho nitro benzene ring substituents is 1. The molecule has 29 heavy (non-hydrogen) atoms. The minimum absolute atomic E-state index is 0.0206. The van der Waals surface area contributed by atoms with Gasteiger partial charge < -0.3 is 4.74 Å². The third-order valence-corrected chi connectivity index (χ3v) is 4.79. The number of hydrogen-bond donors (Lipinski definition) is 0. The average Bonchev–Trinajstić information content (AvgIpc) is 2.73. The van der Waals surface area contributed by atoms with Crippen LogP contribution in [-0.4, -0.2) is 22.5 Å². The van der Waals surface area contributed by atoms with Gasteiger partial charge in [0.1, 0.15) is 0 Å². The van der Waals surface area contributed by atoms with Crippen molar-refractivity contribution in [3.8, 4) is 11.3 Å². The zero-order valence-corrected chi connectivity index (χ0v) is 15.8. The van der Waals surface area contributed by atoms with Gasteiger partial charge in [-0.1, -0.05) is 30.3 Å². The molecule has 0 radical (unpaired) electrons. The molecular formula is C23H18N2O4. The van der Waals surface area contributed by atoms with Gasteiger partial charge in [-0.15, -0.1) is 0 Å². The summed E-state index contributed by atoms with van der Waals surface area (Å²) in [5.41, 5.74) is 3.00. The van der Waals surface area contributed by atoms with Gasteiger partial charge in [-0.05, 0) is 47.5 Å². The number of hydrogen-bond acceptors (Lipinski definition) is 5. The van der Waals surface area contributed by atoms with E-state index in [-0.39, 0.29) is 18.1 Å². The Morgan fingerprint density at radius 3 is 2.55 bits per heavy atom. The van der Waals surface area contributed by atoms with Crippen LogP contribution in [0.1, 0.15) is 12.5 Å². The second-order valence-corrected chi connectivity index (χ2v) is 6.63. The predicted octanol–water partition coefficient (Wildman–Crippen LogP) is 5.07. The van der Waals surface area contributed by atoms with Crippen molar-refractivity contribution >= 4 is 33.3 Å². The molecule has 0 aliphatic carbocycles. The molecule has 1 aromatic heterocycles. The highest BCUT2D eigenvalue weighted by Gasteiger charge is 2.15. The lowest BCUT2D eigenvalue weighted by Gasteiger charge is -2.12. The molecule has 0 aliphatic heterocycles. The highest BCUT2D eigenvalue weighted by Crippen LogP contribution is 2.31. The van der Waals surface area contributed by atoms with Gasteiger partial charge in [0.15, 0.2) is 0 Å². The molecule has 0 fully saturated rings. The zero-order valence-electron chi connectivity index (χ0n) is 15.8. The summed E-state index contributed by atoms with van der Waals surface area (Å²) in [4.78, 5) is 27.5. The van der Waals surface area contributed by atoms with Crippen molar-refractivity contribution in [2.75, 3.05) is 6.61 Å². The van der Waals surface area contributed by atoms with Crippen molar-refractivity contribution in [1.29, 1.82) is 0 Å². The summed E-state index contributed by atoms with van der Waals surface area (Å²) in [6.45, 7) is 2.10. The number of carbonyl (C=O) groups excluding carboxylic acids is 1. The standard InChI is InChI=1S/C23H18N2O4/c1-2-29-22(26)14-17-13-21(16-7-10-18(11-8-16)25(27)28)24-20-12-9-15-5-3-4-6-19(15)23(17)20/h3-13H,2,14H2,1H3. The number of carbonyl (C=O) groups is 1. The largest absolute Gasteiger partial charge is 0.466 e. The summed E-state index contributed by atoms with van der Waals surface area (Å²) in [7, 11) is 0. The third kappa shape index (κ3) is 3.65. The Balaban J connectivity index is 1.92. The lowest BCUT2D eigenvalue weighted by molar-refractivity contribution is -0.384. The first-order chi connectivity index (χ1) is 14.1. The quantitative estimate of drug-likeness (QED) is 0.207. The highest BCUT2D eigenvalue weighted by molar-refractivity contribution is 6.09. The third-order valence-electron chi connectivity index (χ3n) is 4.79. The predicted molar refractivity (Wildman–Crippen MR) is 112 cm³/mol. The zero-order chi connectivity index (χ0) is 20.4. The van der Waals surface area contributed by atoms with E-state index in [2.05, 4.69) is 0 Å². The number of rotatable bonds is 5. The average molecular weight is 386 g/mol. The molecule has 0 N–H and O–H groups in total. The van der Waals surface area contributed by atoms with Gasteiger partial charge in [-0.25, -0.2) is 4.98 Å². The lowest BCUT2D eigenvalue weighted by atomic mass is 9.97. The Labute approximate surface area is 166 Å². The van der Waals surface area contributed by atoms with Crippen LogP contribution in [0.25, 0.3) is 32.9 Å². The van der Waals surface area contributed by atoms with Crippen LogP contribution >= 0.6 is 0 Å². The van der Waals surface area contributed by atoms with Crippen LogP contribution in [-0.2, 0) is 16.0 Å². The Bertz CT molecular complexity index is 1230. The van der Waals surface area contributed by atoms with E-state index in [4.69, 9.17) is 9.72 Å². The van der Waals surface area contributed by atoms with Crippen LogP contribution in [0.15, 0.2) is 66.7 Å². The van der Waals surface area contributed by atoms with Crippen molar-refractivity contribution in [3.05, 3.63) is 82.4 Å². The normalized spacial score (nSPS) is 10.9. The molecular weight excluding hydrogens is 368 g/mol. The van der Waals surface area contributed by atoms with Gasteiger partial charge in [0.2, 0.25) is 0 Å². The molecule has 4 rings (SSSR count). The van der Waals surface area contributed by atoms with Gasteiger partial charge >= 0.3 is 5.97 Å². The first-order valence-electron chi connectivity index (χ1n) is 9.28. The first-order valence-corrected chi connectivity index (χ1v) is 9.28. The van der Waals surface area contributed by atoms with Gasteiger partial charge in [-0.2, -0.15) is 0 Å². The van der Waals surface area contributed by atoms with Crippen LogP contribution in [0.3, 0.4) is 0 Å². The van der Waals surface area contributed by atoms with Crippen LogP contribution in [0.5, 0.6) is 0 Å². The van der Waals surface area contributed by atoms with Crippen molar-refractivity contribution in [1.82, 2.24) is 4.98 Å². The summed E-state index contributed by atoms with van der Waals surface area (Å²) in [5.74, 6) is -0.303.